The molecule has 4 rings (SSSR count). The summed E-state index contributed by atoms with van der Waals surface area (Å²) in [5.41, 5.74) is 4.82. The number of carbonyl (C=O) groups is 1. The molecule has 0 atom stereocenters. The highest BCUT2D eigenvalue weighted by Gasteiger charge is 2.20. The van der Waals surface area contributed by atoms with Crippen LogP contribution in [0.2, 0.25) is 0 Å². The lowest BCUT2D eigenvalue weighted by atomic mass is 10.0. The number of rotatable bonds is 5. The predicted octanol–water partition coefficient (Wildman–Crippen LogP) is 5.64. The van der Waals surface area contributed by atoms with Crippen LogP contribution in [-0.4, -0.2) is 21.9 Å². The molecule has 0 amide bonds. The van der Waals surface area contributed by atoms with Crippen molar-refractivity contribution in [2.45, 2.75) is 24.8 Å². The highest BCUT2D eigenvalue weighted by atomic mass is 32.2. The zero-order valence-corrected chi connectivity index (χ0v) is 16.5. The van der Waals surface area contributed by atoms with Gasteiger partial charge >= 0.3 is 5.97 Å². The van der Waals surface area contributed by atoms with Crippen molar-refractivity contribution in [3.05, 3.63) is 77.1 Å². The van der Waals surface area contributed by atoms with Crippen LogP contribution in [0.4, 0.5) is 4.39 Å². The molecule has 0 aliphatic heterocycles. The number of hydrogen-bond donors (Lipinski definition) is 1. The third-order valence-electron chi connectivity index (χ3n) is 5.04. The first-order valence-electron chi connectivity index (χ1n) is 9.03. The van der Waals surface area contributed by atoms with Crippen LogP contribution in [0.15, 0.2) is 59.5 Å². The van der Waals surface area contributed by atoms with E-state index in [1.807, 2.05) is 37.4 Å². The van der Waals surface area contributed by atoms with Gasteiger partial charge in [-0.1, -0.05) is 36.4 Å². The van der Waals surface area contributed by atoms with Gasteiger partial charge in [-0.3, -0.25) is 4.79 Å². The average molecular weight is 393 g/mol. The van der Waals surface area contributed by atoms with Crippen molar-refractivity contribution in [1.82, 2.24) is 4.57 Å². The van der Waals surface area contributed by atoms with Gasteiger partial charge in [0.15, 0.2) is 0 Å². The molecule has 0 bridgehead atoms. The Balaban J connectivity index is 2.07. The summed E-state index contributed by atoms with van der Waals surface area (Å²) in [6.07, 6.45) is 1.95. The molecule has 0 unspecified atom stereocenters. The minimum absolute atomic E-state index is 0.0194. The summed E-state index contributed by atoms with van der Waals surface area (Å²) in [6, 6.07) is 16.8. The summed E-state index contributed by atoms with van der Waals surface area (Å²) in [5, 5.41) is 11.6. The smallest absolute Gasteiger partial charge is 0.307 e. The fourth-order valence-electron chi connectivity index (χ4n) is 3.99. The standard InChI is InChI=1S/C23H20FNO2S/c1-14-10-16(12-20(26)27)23(28-2)22-21(14)18-8-3-4-9-19(18)25(22)13-15-6-5-7-17(24)11-15/h3-11H,12-13H2,1-2H3,(H,26,27). The van der Waals surface area contributed by atoms with Crippen molar-refractivity contribution in [3.63, 3.8) is 0 Å². The fraction of sp³-hybridized carbons (Fsp3) is 0.174. The van der Waals surface area contributed by atoms with E-state index in [4.69, 9.17) is 0 Å². The number of carboxylic acid groups (broad SMARTS) is 1. The number of thioether (sulfide) groups is 1. The predicted molar refractivity (Wildman–Crippen MR) is 113 cm³/mol. The zero-order valence-electron chi connectivity index (χ0n) is 15.7. The Labute approximate surface area is 166 Å². The van der Waals surface area contributed by atoms with Crippen molar-refractivity contribution in [2.24, 2.45) is 0 Å². The van der Waals surface area contributed by atoms with Gasteiger partial charge in [0.25, 0.3) is 0 Å². The van der Waals surface area contributed by atoms with E-state index in [0.717, 1.165) is 43.4 Å². The Kier molecular flexibility index (Phi) is 4.85. The number of aromatic nitrogens is 1. The van der Waals surface area contributed by atoms with Gasteiger partial charge in [0, 0.05) is 27.7 Å². The second-order valence-corrected chi connectivity index (χ2v) is 7.73. The molecule has 142 valence electrons. The van der Waals surface area contributed by atoms with Gasteiger partial charge < -0.3 is 9.67 Å². The molecule has 1 N–H and O–H groups in total. The highest BCUT2D eigenvalue weighted by molar-refractivity contribution is 7.98. The second-order valence-electron chi connectivity index (χ2n) is 6.91. The third kappa shape index (κ3) is 3.16. The van der Waals surface area contributed by atoms with Gasteiger partial charge in [-0.05, 0) is 48.1 Å². The topological polar surface area (TPSA) is 42.2 Å². The molecule has 0 aliphatic carbocycles. The minimum Gasteiger partial charge on any atom is -0.481 e. The van der Waals surface area contributed by atoms with E-state index in [-0.39, 0.29) is 12.2 Å². The van der Waals surface area contributed by atoms with Crippen molar-refractivity contribution < 1.29 is 14.3 Å². The summed E-state index contributed by atoms with van der Waals surface area (Å²) in [5.74, 6) is -1.10. The summed E-state index contributed by atoms with van der Waals surface area (Å²) in [6.45, 7) is 2.54. The van der Waals surface area contributed by atoms with Crippen molar-refractivity contribution in [1.29, 1.82) is 0 Å². The molecule has 0 radical (unpaired) electrons. The Morgan fingerprint density at radius 1 is 1.14 bits per heavy atom. The number of benzene rings is 3. The average Bonchev–Trinajstić information content (AvgIpc) is 2.97. The van der Waals surface area contributed by atoms with Crippen LogP contribution in [0.3, 0.4) is 0 Å². The number of nitrogens with zero attached hydrogens (tertiary/aromatic N) is 1. The summed E-state index contributed by atoms with van der Waals surface area (Å²) < 4.78 is 15.9. The van der Waals surface area contributed by atoms with E-state index in [0.29, 0.717) is 6.54 Å². The van der Waals surface area contributed by atoms with Crippen LogP contribution in [0, 0.1) is 12.7 Å². The first kappa shape index (κ1) is 18.6. The Morgan fingerprint density at radius 3 is 2.64 bits per heavy atom. The van der Waals surface area contributed by atoms with Gasteiger partial charge in [0.2, 0.25) is 0 Å². The van der Waals surface area contributed by atoms with E-state index in [1.54, 1.807) is 23.9 Å². The van der Waals surface area contributed by atoms with Crippen molar-refractivity contribution in [3.8, 4) is 0 Å². The number of fused-ring (bicyclic) bond motifs is 3. The summed E-state index contributed by atoms with van der Waals surface area (Å²) >= 11 is 1.56. The molecule has 0 aliphatic rings. The largest absolute Gasteiger partial charge is 0.481 e. The molecule has 1 aromatic heterocycles. The zero-order chi connectivity index (χ0) is 19.8. The van der Waals surface area contributed by atoms with E-state index < -0.39 is 5.97 Å². The maximum absolute atomic E-state index is 13.8. The Hall–Kier alpha value is -2.79. The van der Waals surface area contributed by atoms with Gasteiger partial charge in [-0.25, -0.2) is 4.39 Å². The summed E-state index contributed by atoms with van der Waals surface area (Å²) in [7, 11) is 0. The maximum Gasteiger partial charge on any atom is 0.307 e. The molecule has 0 fully saturated rings. The van der Waals surface area contributed by atoms with Gasteiger partial charge in [-0.15, -0.1) is 11.8 Å². The SMILES string of the molecule is CSc1c(CC(=O)O)cc(C)c2c3ccccc3n(Cc3cccc(F)c3)c12. The molecule has 3 nitrogen and oxygen atoms in total. The molecule has 5 heteroatoms. The van der Waals surface area contributed by atoms with Gasteiger partial charge in [0.1, 0.15) is 5.82 Å². The van der Waals surface area contributed by atoms with E-state index in [9.17, 15) is 14.3 Å². The van der Waals surface area contributed by atoms with Crippen LogP contribution < -0.4 is 0 Å². The number of aryl methyl sites for hydroxylation is 1. The van der Waals surface area contributed by atoms with Crippen molar-refractivity contribution >= 4 is 39.5 Å². The number of para-hydroxylation sites is 1. The molecule has 3 aromatic carbocycles. The van der Waals surface area contributed by atoms with Crippen LogP contribution in [0.25, 0.3) is 21.8 Å². The van der Waals surface area contributed by atoms with Crippen molar-refractivity contribution in [2.75, 3.05) is 6.26 Å². The number of halogens is 1. The maximum atomic E-state index is 13.8. The molecule has 28 heavy (non-hydrogen) atoms. The molecule has 4 aromatic rings. The molecule has 0 saturated carbocycles. The number of hydrogen-bond acceptors (Lipinski definition) is 2. The lowest BCUT2D eigenvalue weighted by molar-refractivity contribution is -0.136. The summed E-state index contributed by atoms with van der Waals surface area (Å²) in [4.78, 5) is 12.4. The highest BCUT2D eigenvalue weighted by Crippen LogP contribution is 2.39. The molecule has 0 saturated heterocycles. The third-order valence-corrected chi connectivity index (χ3v) is 5.90. The van der Waals surface area contributed by atoms with Gasteiger partial charge in [0.05, 0.1) is 11.9 Å². The molecule has 0 spiro atoms. The Morgan fingerprint density at radius 2 is 1.93 bits per heavy atom. The monoisotopic (exact) mass is 393 g/mol. The number of carboxylic acids is 1. The second kappa shape index (κ2) is 7.32. The molecular formula is C23H20FNO2S. The lowest BCUT2D eigenvalue weighted by Gasteiger charge is -2.14. The number of aliphatic carboxylic acids is 1. The Bertz CT molecular complexity index is 1210. The lowest BCUT2D eigenvalue weighted by Crippen LogP contribution is -2.05. The fourth-order valence-corrected chi connectivity index (χ4v) is 4.79. The normalized spacial score (nSPS) is 11.4. The van der Waals surface area contributed by atoms with Crippen LogP contribution in [-0.2, 0) is 17.8 Å². The molecular weight excluding hydrogens is 373 g/mol. The minimum atomic E-state index is -0.846. The first-order valence-corrected chi connectivity index (χ1v) is 10.3. The van der Waals surface area contributed by atoms with Crippen LogP contribution >= 0.6 is 11.8 Å². The van der Waals surface area contributed by atoms with E-state index >= 15 is 0 Å². The van der Waals surface area contributed by atoms with Crippen LogP contribution in [0.1, 0.15) is 16.7 Å². The van der Waals surface area contributed by atoms with E-state index in [1.165, 1.54) is 6.07 Å². The van der Waals surface area contributed by atoms with Gasteiger partial charge in [-0.2, -0.15) is 0 Å². The van der Waals surface area contributed by atoms with Crippen LogP contribution in [0.5, 0.6) is 0 Å². The first-order chi connectivity index (χ1) is 13.5. The van der Waals surface area contributed by atoms with E-state index in [2.05, 4.69) is 16.7 Å². The quantitative estimate of drug-likeness (QED) is 0.446. The molecule has 1 heterocycles.